The van der Waals surface area contributed by atoms with Crippen molar-refractivity contribution in [2.45, 2.75) is 6.54 Å². The minimum Gasteiger partial charge on any atom is -0.491 e. The van der Waals surface area contributed by atoms with Gasteiger partial charge in [-0.2, -0.15) is 4.37 Å². The first-order valence-corrected chi connectivity index (χ1v) is 6.81. The number of rotatable bonds is 2. The summed E-state index contributed by atoms with van der Waals surface area (Å²) in [5.41, 5.74) is 6.97. The Hall–Kier alpha value is -1.95. The highest BCUT2D eigenvalue weighted by atomic mass is 32.1. The number of nitrogen functional groups attached to an aromatic ring is 1. The number of methoxy groups -OCH3 is 1. The van der Waals surface area contributed by atoms with Crippen molar-refractivity contribution in [3.05, 3.63) is 29.8 Å². The summed E-state index contributed by atoms with van der Waals surface area (Å²) in [7, 11) is 1.62. The second-order valence-corrected chi connectivity index (χ2v) is 5.04. The van der Waals surface area contributed by atoms with Crippen LogP contribution in [0.5, 0.6) is 11.5 Å². The van der Waals surface area contributed by atoms with Crippen molar-refractivity contribution in [1.29, 1.82) is 0 Å². The van der Waals surface area contributed by atoms with Gasteiger partial charge in [-0.05, 0) is 17.6 Å². The number of benzene rings is 1. The first-order valence-electron chi connectivity index (χ1n) is 6.04. The number of fused-ring (bicyclic) bond motifs is 1. The molecule has 0 saturated carbocycles. The van der Waals surface area contributed by atoms with Crippen LogP contribution in [-0.2, 0) is 6.54 Å². The van der Waals surface area contributed by atoms with Crippen molar-refractivity contribution in [3.8, 4) is 11.5 Å². The van der Waals surface area contributed by atoms with Crippen molar-refractivity contribution >= 4 is 22.4 Å². The molecule has 2 aromatic rings. The maximum Gasteiger partial charge on any atom is 0.197 e. The van der Waals surface area contributed by atoms with E-state index in [9.17, 15) is 0 Å². The fourth-order valence-electron chi connectivity index (χ4n) is 2.18. The molecule has 1 aliphatic rings. The van der Waals surface area contributed by atoms with E-state index < -0.39 is 0 Å². The molecule has 3 rings (SSSR count). The first-order chi connectivity index (χ1) is 9.29. The Morgan fingerprint density at radius 1 is 1.42 bits per heavy atom. The van der Waals surface area contributed by atoms with Crippen LogP contribution in [0.1, 0.15) is 5.56 Å². The van der Waals surface area contributed by atoms with E-state index in [0.29, 0.717) is 18.2 Å². The van der Waals surface area contributed by atoms with Gasteiger partial charge in [0.2, 0.25) is 0 Å². The number of aromatic nitrogens is 1. The lowest BCUT2D eigenvalue weighted by Gasteiger charge is -2.20. The summed E-state index contributed by atoms with van der Waals surface area (Å²) in [5.74, 6) is 2.05. The van der Waals surface area contributed by atoms with Gasteiger partial charge in [-0.3, -0.25) is 0 Å². The number of anilines is 2. The van der Waals surface area contributed by atoms with Gasteiger partial charge in [-0.1, -0.05) is 18.2 Å². The van der Waals surface area contributed by atoms with Crippen LogP contribution < -0.4 is 20.1 Å². The molecule has 0 saturated heterocycles. The van der Waals surface area contributed by atoms with E-state index in [-0.39, 0.29) is 0 Å². The second-order valence-electron chi connectivity index (χ2n) is 4.28. The van der Waals surface area contributed by atoms with Crippen molar-refractivity contribution < 1.29 is 9.47 Å². The third-order valence-electron chi connectivity index (χ3n) is 3.10. The third-order valence-corrected chi connectivity index (χ3v) is 4.01. The minimum atomic E-state index is 0.445. The molecule has 0 bridgehead atoms. The molecular formula is C13H15N3O2S. The van der Waals surface area contributed by atoms with Gasteiger partial charge in [0.15, 0.2) is 16.6 Å². The van der Waals surface area contributed by atoms with Gasteiger partial charge in [0.25, 0.3) is 0 Å². The molecule has 1 aromatic heterocycles. The molecule has 0 fully saturated rings. The lowest BCUT2D eigenvalue weighted by Crippen LogP contribution is -2.24. The maximum atomic E-state index is 5.81. The molecule has 19 heavy (non-hydrogen) atoms. The molecule has 0 aliphatic carbocycles. The van der Waals surface area contributed by atoms with Crippen molar-refractivity contribution in [2.75, 3.05) is 30.9 Å². The van der Waals surface area contributed by atoms with Crippen molar-refractivity contribution in [3.63, 3.8) is 0 Å². The first kappa shape index (κ1) is 12.1. The Labute approximate surface area is 115 Å². The van der Waals surface area contributed by atoms with Gasteiger partial charge in [-0.15, -0.1) is 0 Å². The predicted octanol–water partition coefficient (Wildman–Crippen LogP) is 2.13. The second kappa shape index (κ2) is 4.97. The quantitative estimate of drug-likeness (QED) is 0.911. The molecule has 0 unspecified atom stereocenters. The Balaban J connectivity index is 1.94. The van der Waals surface area contributed by atoms with E-state index in [1.165, 1.54) is 11.5 Å². The fourth-order valence-corrected chi connectivity index (χ4v) is 2.99. The van der Waals surface area contributed by atoms with E-state index in [2.05, 4.69) is 15.3 Å². The number of hydrogen-bond acceptors (Lipinski definition) is 6. The van der Waals surface area contributed by atoms with Gasteiger partial charge in [-0.25, -0.2) is 0 Å². The zero-order chi connectivity index (χ0) is 13.2. The summed E-state index contributed by atoms with van der Waals surface area (Å²) >= 11 is 1.36. The van der Waals surface area contributed by atoms with E-state index in [4.69, 9.17) is 15.2 Å². The van der Waals surface area contributed by atoms with Crippen LogP contribution in [0.3, 0.4) is 0 Å². The van der Waals surface area contributed by atoms with Crippen LogP contribution in [-0.4, -0.2) is 24.6 Å². The highest BCUT2D eigenvalue weighted by Crippen LogP contribution is 2.39. The molecule has 1 aliphatic heterocycles. The van der Waals surface area contributed by atoms with Crippen LogP contribution in [0.15, 0.2) is 24.3 Å². The Morgan fingerprint density at radius 2 is 2.26 bits per heavy atom. The highest BCUT2D eigenvalue weighted by molar-refractivity contribution is 7.11. The molecule has 2 heterocycles. The summed E-state index contributed by atoms with van der Waals surface area (Å²) in [6, 6.07) is 8.07. The molecule has 0 spiro atoms. The van der Waals surface area contributed by atoms with Gasteiger partial charge in [0.1, 0.15) is 12.4 Å². The fraction of sp³-hybridized carbons (Fsp3) is 0.308. The summed E-state index contributed by atoms with van der Waals surface area (Å²) in [6.45, 7) is 2.19. The number of nitrogens with zero attached hydrogens (tertiary/aromatic N) is 2. The Bertz CT molecular complexity index is 585. The summed E-state index contributed by atoms with van der Waals surface area (Å²) in [4.78, 5) is 2.19. The Kier molecular flexibility index (Phi) is 3.16. The SMILES string of the molecule is COc1c(N)nsc1N1CCOc2ccccc2C1. The van der Waals surface area contributed by atoms with E-state index >= 15 is 0 Å². The summed E-state index contributed by atoms with van der Waals surface area (Å²) < 4.78 is 15.3. The zero-order valence-corrected chi connectivity index (χ0v) is 11.4. The molecule has 2 N–H and O–H groups in total. The van der Waals surface area contributed by atoms with Crippen molar-refractivity contribution in [1.82, 2.24) is 4.37 Å². The molecule has 0 atom stereocenters. The third kappa shape index (κ3) is 2.19. The molecule has 0 radical (unpaired) electrons. The van der Waals surface area contributed by atoms with Gasteiger partial charge in [0, 0.05) is 12.1 Å². The molecule has 6 heteroatoms. The zero-order valence-electron chi connectivity index (χ0n) is 10.6. The van der Waals surface area contributed by atoms with Crippen LogP contribution in [0.4, 0.5) is 10.8 Å². The Morgan fingerprint density at radius 3 is 3.11 bits per heavy atom. The lowest BCUT2D eigenvalue weighted by atomic mass is 10.2. The topological polar surface area (TPSA) is 60.6 Å². The van der Waals surface area contributed by atoms with Gasteiger partial charge in [0.05, 0.1) is 13.7 Å². The highest BCUT2D eigenvalue weighted by Gasteiger charge is 2.22. The number of ether oxygens (including phenoxy) is 2. The summed E-state index contributed by atoms with van der Waals surface area (Å²) in [6.07, 6.45) is 0. The molecular weight excluding hydrogens is 262 g/mol. The normalized spacial score (nSPS) is 14.5. The van der Waals surface area contributed by atoms with Crippen LogP contribution >= 0.6 is 11.5 Å². The van der Waals surface area contributed by atoms with Gasteiger partial charge >= 0.3 is 0 Å². The van der Waals surface area contributed by atoms with Crippen molar-refractivity contribution in [2.24, 2.45) is 0 Å². The lowest BCUT2D eigenvalue weighted by molar-refractivity contribution is 0.331. The average molecular weight is 277 g/mol. The smallest absolute Gasteiger partial charge is 0.197 e. The molecule has 100 valence electrons. The van der Waals surface area contributed by atoms with E-state index in [1.807, 2.05) is 18.2 Å². The molecule has 0 amide bonds. The summed E-state index contributed by atoms with van der Waals surface area (Å²) in [5, 5.41) is 0.959. The minimum absolute atomic E-state index is 0.445. The van der Waals surface area contributed by atoms with Crippen LogP contribution in [0.25, 0.3) is 0 Å². The average Bonchev–Trinajstić information content (AvgIpc) is 2.68. The number of hydrogen-bond donors (Lipinski definition) is 1. The monoisotopic (exact) mass is 277 g/mol. The van der Waals surface area contributed by atoms with Gasteiger partial charge < -0.3 is 20.1 Å². The van der Waals surface area contributed by atoms with E-state index in [1.54, 1.807) is 7.11 Å². The van der Waals surface area contributed by atoms with Crippen LogP contribution in [0.2, 0.25) is 0 Å². The standard InChI is InChI=1S/C13H15N3O2S/c1-17-11-12(14)15-19-13(11)16-6-7-18-10-5-3-2-4-9(10)8-16/h2-5H,6-8H2,1H3,(H2,14,15). The molecule has 5 nitrogen and oxygen atoms in total. The maximum absolute atomic E-state index is 5.81. The number of para-hydroxylation sites is 1. The predicted molar refractivity (Wildman–Crippen MR) is 76.1 cm³/mol. The number of nitrogens with two attached hydrogens (primary N) is 1. The largest absolute Gasteiger partial charge is 0.491 e. The van der Waals surface area contributed by atoms with E-state index in [0.717, 1.165) is 29.4 Å². The molecule has 1 aromatic carbocycles. The van der Waals surface area contributed by atoms with Crippen LogP contribution in [0, 0.1) is 0 Å².